The van der Waals surface area contributed by atoms with Gasteiger partial charge in [0.2, 0.25) is 0 Å². The van der Waals surface area contributed by atoms with Crippen LogP contribution in [-0.2, 0) is 6.54 Å². The van der Waals surface area contributed by atoms with Crippen LogP contribution in [0.3, 0.4) is 0 Å². The van der Waals surface area contributed by atoms with Gasteiger partial charge in [0.25, 0.3) is 5.56 Å². The van der Waals surface area contributed by atoms with E-state index in [4.69, 9.17) is 5.73 Å². The van der Waals surface area contributed by atoms with Gasteiger partial charge >= 0.3 is 0 Å². The largest absolute Gasteiger partial charge is 0.398 e. The maximum atomic E-state index is 11.6. The Bertz CT molecular complexity index is 435. The van der Waals surface area contributed by atoms with Gasteiger partial charge in [0.05, 0.1) is 0 Å². The summed E-state index contributed by atoms with van der Waals surface area (Å²) in [4.78, 5) is 16.5. The molecule has 1 fully saturated rings. The summed E-state index contributed by atoms with van der Waals surface area (Å²) in [5, 5.41) is 0. The summed E-state index contributed by atoms with van der Waals surface area (Å²) in [6, 6.07) is 3.18. The lowest BCUT2D eigenvalue weighted by Crippen LogP contribution is -2.47. The fourth-order valence-corrected chi connectivity index (χ4v) is 2.30. The van der Waals surface area contributed by atoms with Crippen molar-refractivity contribution in [2.75, 3.05) is 45.0 Å². The molecule has 0 unspecified atom stereocenters. The summed E-state index contributed by atoms with van der Waals surface area (Å²) >= 11 is 0. The second kappa shape index (κ2) is 6.02. The normalized spacial score (nSPS) is 18.1. The summed E-state index contributed by atoms with van der Waals surface area (Å²) in [7, 11) is 0. The van der Waals surface area contributed by atoms with E-state index in [9.17, 15) is 4.79 Å². The molecule has 0 amide bonds. The lowest BCUT2D eigenvalue weighted by Gasteiger charge is -2.34. The first-order valence-corrected chi connectivity index (χ1v) is 6.59. The lowest BCUT2D eigenvalue weighted by atomic mass is 10.3. The van der Waals surface area contributed by atoms with E-state index in [0.717, 1.165) is 45.8 Å². The highest BCUT2D eigenvalue weighted by Crippen LogP contribution is 2.02. The predicted molar refractivity (Wildman–Crippen MR) is 73.7 cm³/mol. The monoisotopic (exact) mass is 250 g/mol. The first-order valence-electron chi connectivity index (χ1n) is 6.59. The van der Waals surface area contributed by atoms with Crippen molar-refractivity contribution in [3.63, 3.8) is 0 Å². The van der Waals surface area contributed by atoms with Gasteiger partial charge in [-0.25, -0.2) is 0 Å². The van der Waals surface area contributed by atoms with Gasteiger partial charge in [-0.05, 0) is 12.6 Å². The minimum absolute atomic E-state index is 0.0244. The van der Waals surface area contributed by atoms with E-state index in [-0.39, 0.29) is 5.56 Å². The summed E-state index contributed by atoms with van der Waals surface area (Å²) in [5.74, 6) is 0. The molecule has 1 aliphatic rings. The van der Waals surface area contributed by atoms with Gasteiger partial charge in [-0.2, -0.15) is 0 Å². The Hall–Kier alpha value is -1.33. The van der Waals surface area contributed by atoms with Crippen molar-refractivity contribution in [1.82, 2.24) is 14.4 Å². The van der Waals surface area contributed by atoms with Crippen molar-refractivity contribution in [3.05, 3.63) is 28.7 Å². The number of hydrogen-bond donors (Lipinski definition) is 1. The molecule has 2 rings (SSSR count). The van der Waals surface area contributed by atoms with Crippen LogP contribution in [-0.4, -0.2) is 53.6 Å². The Morgan fingerprint density at radius 2 is 1.78 bits per heavy atom. The fraction of sp³-hybridized carbons (Fsp3) is 0.615. The molecule has 1 aliphatic heterocycles. The number of nitrogens with zero attached hydrogens (tertiary/aromatic N) is 3. The van der Waals surface area contributed by atoms with Crippen LogP contribution in [0.4, 0.5) is 5.69 Å². The first kappa shape index (κ1) is 13.1. The maximum absolute atomic E-state index is 11.6. The number of nitrogens with two attached hydrogens (primary N) is 1. The third-order valence-corrected chi connectivity index (χ3v) is 3.58. The molecule has 1 aromatic heterocycles. The number of aromatic nitrogens is 1. The second-order valence-corrected chi connectivity index (χ2v) is 4.77. The lowest BCUT2D eigenvalue weighted by molar-refractivity contribution is 0.133. The number of anilines is 1. The molecule has 1 aromatic rings. The van der Waals surface area contributed by atoms with E-state index in [1.165, 1.54) is 6.07 Å². The highest BCUT2D eigenvalue weighted by molar-refractivity contribution is 5.33. The number of piperazine rings is 1. The molecule has 2 N–H and O–H groups in total. The molecule has 5 heteroatoms. The van der Waals surface area contributed by atoms with Gasteiger partial charge in [-0.3, -0.25) is 9.69 Å². The first-order chi connectivity index (χ1) is 8.69. The van der Waals surface area contributed by atoms with Crippen LogP contribution in [0, 0.1) is 0 Å². The second-order valence-electron chi connectivity index (χ2n) is 4.77. The highest BCUT2D eigenvalue weighted by atomic mass is 16.1. The highest BCUT2D eigenvalue weighted by Gasteiger charge is 2.14. The SMILES string of the molecule is CCN1CCN(CCn2cc(N)ccc2=O)CC1. The van der Waals surface area contributed by atoms with Gasteiger partial charge < -0.3 is 15.2 Å². The molecule has 18 heavy (non-hydrogen) atoms. The van der Waals surface area contributed by atoms with Crippen LogP contribution < -0.4 is 11.3 Å². The van der Waals surface area contributed by atoms with Crippen molar-refractivity contribution < 1.29 is 0 Å². The van der Waals surface area contributed by atoms with Gasteiger partial charge in [-0.1, -0.05) is 6.92 Å². The average molecular weight is 250 g/mol. The quantitative estimate of drug-likeness (QED) is 0.821. The Kier molecular flexibility index (Phi) is 4.38. The van der Waals surface area contributed by atoms with E-state index >= 15 is 0 Å². The maximum Gasteiger partial charge on any atom is 0.250 e. The molecule has 0 aromatic carbocycles. The van der Waals surface area contributed by atoms with Crippen molar-refractivity contribution in [2.45, 2.75) is 13.5 Å². The van der Waals surface area contributed by atoms with Crippen LogP contribution in [0.1, 0.15) is 6.92 Å². The van der Waals surface area contributed by atoms with Gasteiger partial charge in [0.15, 0.2) is 0 Å². The van der Waals surface area contributed by atoms with E-state index < -0.39 is 0 Å². The Morgan fingerprint density at radius 1 is 1.11 bits per heavy atom. The summed E-state index contributed by atoms with van der Waals surface area (Å²) in [6.07, 6.45) is 1.73. The molecule has 0 spiro atoms. The molecule has 0 atom stereocenters. The van der Waals surface area contributed by atoms with E-state index in [1.54, 1.807) is 16.8 Å². The molecular weight excluding hydrogens is 228 g/mol. The van der Waals surface area contributed by atoms with Crippen LogP contribution in [0.2, 0.25) is 0 Å². The van der Waals surface area contributed by atoms with Crippen molar-refractivity contribution in [1.29, 1.82) is 0 Å². The summed E-state index contributed by atoms with van der Waals surface area (Å²) in [5.41, 5.74) is 6.36. The number of rotatable bonds is 4. The molecule has 0 aliphatic carbocycles. The number of likely N-dealkylation sites (N-methyl/N-ethyl adjacent to an activating group) is 1. The van der Waals surface area contributed by atoms with Gasteiger partial charge in [0.1, 0.15) is 0 Å². The average Bonchev–Trinajstić information content (AvgIpc) is 2.40. The third kappa shape index (κ3) is 3.34. The van der Waals surface area contributed by atoms with Crippen LogP contribution in [0.15, 0.2) is 23.1 Å². The molecule has 1 saturated heterocycles. The number of pyridine rings is 1. The fourth-order valence-electron chi connectivity index (χ4n) is 2.30. The molecular formula is C13H22N4O. The predicted octanol–water partition coefficient (Wildman–Crippen LogP) is 0.0680. The summed E-state index contributed by atoms with van der Waals surface area (Å²) in [6.45, 7) is 9.39. The minimum Gasteiger partial charge on any atom is -0.398 e. The topological polar surface area (TPSA) is 54.5 Å². The van der Waals surface area contributed by atoms with Gasteiger partial charge in [0, 0.05) is 57.2 Å². The zero-order chi connectivity index (χ0) is 13.0. The van der Waals surface area contributed by atoms with E-state index in [1.807, 2.05) is 0 Å². The Balaban J connectivity index is 1.85. The zero-order valence-electron chi connectivity index (χ0n) is 11.0. The molecule has 2 heterocycles. The molecule has 0 bridgehead atoms. The third-order valence-electron chi connectivity index (χ3n) is 3.58. The Labute approximate surface area is 108 Å². The van der Waals surface area contributed by atoms with Gasteiger partial charge in [-0.15, -0.1) is 0 Å². The number of hydrogen-bond acceptors (Lipinski definition) is 4. The van der Waals surface area contributed by atoms with Crippen LogP contribution in [0.25, 0.3) is 0 Å². The standard InChI is InChI=1S/C13H22N4O/c1-2-15-5-7-16(8-6-15)9-10-17-11-12(14)3-4-13(17)18/h3-4,11H,2,5-10,14H2,1H3. The molecule has 100 valence electrons. The van der Waals surface area contributed by atoms with Crippen LogP contribution in [0.5, 0.6) is 0 Å². The molecule has 0 saturated carbocycles. The minimum atomic E-state index is 0.0244. The summed E-state index contributed by atoms with van der Waals surface area (Å²) < 4.78 is 1.70. The van der Waals surface area contributed by atoms with Crippen molar-refractivity contribution in [2.24, 2.45) is 0 Å². The zero-order valence-corrected chi connectivity index (χ0v) is 11.0. The smallest absolute Gasteiger partial charge is 0.250 e. The van der Waals surface area contributed by atoms with E-state index in [2.05, 4.69) is 16.7 Å². The number of nitrogen functional groups attached to an aromatic ring is 1. The van der Waals surface area contributed by atoms with Crippen LogP contribution >= 0.6 is 0 Å². The van der Waals surface area contributed by atoms with Crippen molar-refractivity contribution in [3.8, 4) is 0 Å². The van der Waals surface area contributed by atoms with Crippen molar-refractivity contribution >= 4 is 5.69 Å². The molecule has 0 radical (unpaired) electrons. The van der Waals surface area contributed by atoms with E-state index in [0.29, 0.717) is 5.69 Å². The molecule has 5 nitrogen and oxygen atoms in total. The Morgan fingerprint density at radius 3 is 2.44 bits per heavy atom.